The van der Waals surface area contributed by atoms with Crippen LogP contribution in [0.25, 0.3) is 0 Å². The van der Waals surface area contributed by atoms with Gasteiger partial charge < -0.3 is 5.73 Å². The van der Waals surface area contributed by atoms with Crippen LogP contribution >= 0.6 is 0 Å². The lowest BCUT2D eigenvalue weighted by molar-refractivity contribution is 0.836. The fraction of sp³-hybridized carbons (Fsp3) is 0.500. The summed E-state index contributed by atoms with van der Waals surface area (Å²) in [6.07, 6.45) is 1.84. The summed E-state index contributed by atoms with van der Waals surface area (Å²) < 4.78 is 0. The normalized spacial score (nSPS) is 11.9. The van der Waals surface area contributed by atoms with Crippen molar-refractivity contribution < 1.29 is 0 Å². The molecule has 0 aliphatic rings. The van der Waals surface area contributed by atoms with Crippen molar-refractivity contribution in [3.8, 4) is 0 Å². The Morgan fingerprint density at radius 1 is 1.12 bits per heavy atom. The minimum Gasteiger partial charge on any atom is -0.398 e. The van der Waals surface area contributed by atoms with Gasteiger partial charge in [0.2, 0.25) is 0 Å². The summed E-state index contributed by atoms with van der Waals surface area (Å²) in [5, 5.41) is 0. The number of hydrogen-bond donors (Lipinski definition) is 1. The van der Waals surface area contributed by atoms with Gasteiger partial charge in [0.05, 0.1) is 0 Å². The number of benzene rings is 1. The van der Waals surface area contributed by atoms with E-state index in [1.54, 1.807) is 7.05 Å². The van der Waals surface area contributed by atoms with Gasteiger partial charge >= 0.3 is 0 Å². The molecule has 2 N–H and O–H groups in total. The first kappa shape index (κ1) is 12.8. The van der Waals surface area contributed by atoms with E-state index in [4.69, 9.17) is 5.73 Å². The van der Waals surface area contributed by atoms with E-state index in [1.165, 1.54) is 11.1 Å². The maximum atomic E-state index is 6.15. The van der Waals surface area contributed by atoms with Crippen LogP contribution in [0, 0.1) is 0 Å². The first-order chi connectivity index (χ1) is 7.47. The van der Waals surface area contributed by atoms with E-state index in [9.17, 15) is 0 Å². The third kappa shape index (κ3) is 2.63. The monoisotopic (exact) mass is 218 g/mol. The van der Waals surface area contributed by atoms with E-state index in [1.807, 2.05) is 6.21 Å². The highest BCUT2D eigenvalue weighted by Gasteiger charge is 2.11. The summed E-state index contributed by atoms with van der Waals surface area (Å²) in [5.74, 6) is 0.963. The lowest BCUT2D eigenvalue weighted by Gasteiger charge is -2.16. The number of hydrogen-bond acceptors (Lipinski definition) is 2. The van der Waals surface area contributed by atoms with Crippen molar-refractivity contribution in [1.29, 1.82) is 0 Å². The second kappa shape index (κ2) is 5.15. The zero-order valence-corrected chi connectivity index (χ0v) is 10.9. The number of nitrogens with zero attached hydrogens (tertiary/aromatic N) is 1. The smallest absolute Gasteiger partial charge is 0.0438 e. The van der Waals surface area contributed by atoms with E-state index < -0.39 is 0 Å². The van der Waals surface area contributed by atoms with E-state index in [0.29, 0.717) is 11.8 Å². The molecule has 0 saturated heterocycles. The topological polar surface area (TPSA) is 38.4 Å². The van der Waals surface area contributed by atoms with Crippen LogP contribution < -0.4 is 5.73 Å². The lowest BCUT2D eigenvalue weighted by Crippen LogP contribution is -2.04. The Hall–Kier alpha value is -1.31. The van der Waals surface area contributed by atoms with Crippen LogP contribution in [0.15, 0.2) is 17.1 Å². The average Bonchev–Trinajstić information content (AvgIpc) is 2.20. The molecule has 0 aliphatic carbocycles. The molecule has 1 aromatic rings. The molecule has 0 fully saturated rings. The lowest BCUT2D eigenvalue weighted by atomic mass is 9.91. The summed E-state index contributed by atoms with van der Waals surface area (Å²) >= 11 is 0. The van der Waals surface area contributed by atoms with Crippen LogP contribution in [0.2, 0.25) is 0 Å². The number of aliphatic imine (C=N–C) groups is 1. The quantitative estimate of drug-likeness (QED) is 0.611. The summed E-state index contributed by atoms with van der Waals surface area (Å²) in [4.78, 5) is 4.06. The molecule has 0 heterocycles. The summed E-state index contributed by atoms with van der Waals surface area (Å²) in [6.45, 7) is 8.73. The summed E-state index contributed by atoms with van der Waals surface area (Å²) in [5.41, 5.74) is 10.6. The van der Waals surface area contributed by atoms with Crippen molar-refractivity contribution in [3.05, 3.63) is 28.8 Å². The highest BCUT2D eigenvalue weighted by atomic mass is 14.7. The van der Waals surface area contributed by atoms with Crippen LogP contribution in [0.4, 0.5) is 5.69 Å². The molecule has 0 saturated carbocycles. The van der Waals surface area contributed by atoms with E-state index in [2.05, 4.69) is 44.8 Å². The first-order valence-corrected chi connectivity index (χ1v) is 5.82. The Morgan fingerprint density at radius 3 is 2.19 bits per heavy atom. The maximum absolute atomic E-state index is 6.15. The van der Waals surface area contributed by atoms with Crippen LogP contribution in [0.3, 0.4) is 0 Å². The Bertz CT molecular complexity index is 390. The van der Waals surface area contributed by atoms with E-state index in [0.717, 1.165) is 11.3 Å². The molecule has 0 amide bonds. The minimum atomic E-state index is 0.447. The van der Waals surface area contributed by atoms with Crippen molar-refractivity contribution in [2.24, 2.45) is 4.99 Å². The SMILES string of the molecule is CN=Cc1cc(C(C)C)cc(C(C)C)c1N. The van der Waals surface area contributed by atoms with Gasteiger partial charge in [-0.3, -0.25) is 4.99 Å². The molecule has 2 nitrogen and oxygen atoms in total. The second-order valence-corrected chi connectivity index (χ2v) is 4.81. The predicted octanol–water partition coefficient (Wildman–Crippen LogP) is 3.56. The molecular weight excluding hydrogens is 196 g/mol. The molecule has 88 valence electrons. The Labute approximate surface area is 98.6 Å². The van der Waals surface area contributed by atoms with Crippen LogP contribution in [-0.4, -0.2) is 13.3 Å². The van der Waals surface area contributed by atoms with Gasteiger partial charge in [-0.2, -0.15) is 0 Å². The molecule has 0 radical (unpaired) electrons. The Morgan fingerprint density at radius 2 is 1.75 bits per heavy atom. The van der Waals surface area contributed by atoms with Crippen molar-refractivity contribution in [3.63, 3.8) is 0 Å². The standard InChI is InChI=1S/C14H22N2/c1-9(2)11-6-12(8-16-5)14(15)13(7-11)10(3)4/h6-10H,15H2,1-5H3. The number of nitrogen functional groups attached to an aromatic ring is 1. The second-order valence-electron chi connectivity index (χ2n) is 4.81. The minimum absolute atomic E-state index is 0.447. The zero-order valence-electron chi connectivity index (χ0n) is 10.9. The Kier molecular flexibility index (Phi) is 4.11. The van der Waals surface area contributed by atoms with Crippen molar-refractivity contribution >= 4 is 11.9 Å². The van der Waals surface area contributed by atoms with Gasteiger partial charge in [-0.25, -0.2) is 0 Å². The third-order valence-electron chi connectivity index (χ3n) is 2.82. The van der Waals surface area contributed by atoms with Gasteiger partial charge in [-0.15, -0.1) is 0 Å². The van der Waals surface area contributed by atoms with Crippen molar-refractivity contribution in [2.45, 2.75) is 39.5 Å². The Balaban J connectivity index is 3.38. The molecule has 1 rings (SSSR count). The number of nitrogens with two attached hydrogens (primary N) is 1. The molecule has 2 heteroatoms. The molecule has 16 heavy (non-hydrogen) atoms. The van der Waals surface area contributed by atoms with Crippen molar-refractivity contribution in [2.75, 3.05) is 12.8 Å². The first-order valence-electron chi connectivity index (χ1n) is 5.82. The fourth-order valence-corrected chi connectivity index (χ4v) is 1.78. The molecule has 1 aromatic carbocycles. The van der Waals surface area contributed by atoms with Gasteiger partial charge in [0.1, 0.15) is 0 Å². The zero-order chi connectivity index (χ0) is 12.3. The van der Waals surface area contributed by atoms with Crippen LogP contribution in [0.5, 0.6) is 0 Å². The predicted molar refractivity (Wildman–Crippen MR) is 72.6 cm³/mol. The highest BCUT2D eigenvalue weighted by molar-refractivity contribution is 5.88. The number of anilines is 1. The maximum Gasteiger partial charge on any atom is 0.0438 e. The molecule has 0 aromatic heterocycles. The third-order valence-corrected chi connectivity index (χ3v) is 2.82. The van der Waals surface area contributed by atoms with E-state index >= 15 is 0 Å². The highest BCUT2D eigenvalue weighted by Crippen LogP contribution is 2.29. The van der Waals surface area contributed by atoms with Gasteiger partial charge in [0.25, 0.3) is 0 Å². The molecule has 0 aliphatic heterocycles. The summed E-state index contributed by atoms with van der Waals surface area (Å²) in [6, 6.07) is 4.36. The van der Waals surface area contributed by atoms with Crippen LogP contribution in [0.1, 0.15) is 56.2 Å². The molecule has 0 bridgehead atoms. The molecule has 0 atom stereocenters. The van der Waals surface area contributed by atoms with Crippen LogP contribution in [-0.2, 0) is 0 Å². The molecule has 0 unspecified atom stereocenters. The number of rotatable bonds is 3. The average molecular weight is 218 g/mol. The fourth-order valence-electron chi connectivity index (χ4n) is 1.78. The van der Waals surface area contributed by atoms with Gasteiger partial charge in [-0.05, 0) is 29.0 Å². The van der Waals surface area contributed by atoms with Gasteiger partial charge in [0.15, 0.2) is 0 Å². The van der Waals surface area contributed by atoms with Gasteiger partial charge in [-0.1, -0.05) is 33.8 Å². The van der Waals surface area contributed by atoms with E-state index in [-0.39, 0.29) is 0 Å². The van der Waals surface area contributed by atoms with Gasteiger partial charge in [0, 0.05) is 24.5 Å². The molecular formula is C14H22N2. The molecule has 0 spiro atoms. The summed E-state index contributed by atoms with van der Waals surface area (Å²) in [7, 11) is 1.77. The van der Waals surface area contributed by atoms with Crippen molar-refractivity contribution in [1.82, 2.24) is 0 Å². The largest absolute Gasteiger partial charge is 0.398 e.